The van der Waals surface area contributed by atoms with Gasteiger partial charge in [0.1, 0.15) is 0 Å². The van der Waals surface area contributed by atoms with Gasteiger partial charge in [0.2, 0.25) is 5.91 Å². The summed E-state index contributed by atoms with van der Waals surface area (Å²) in [6, 6.07) is 1.40. The zero-order valence-corrected chi connectivity index (χ0v) is 21.5. The number of alkyl halides is 3. The Kier molecular flexibility index (Phi) is 7.80. The summed E-state index contributed by atoms with van der Waals surface area (Å²) in [5.41, 5.74) is -0.340. The largest absolute Gasteiger partial charge is 0.417 e. The summed E-state index contributed by atoms with van der Waals surface area (Å²) >= 11 is 0. The summed E-state index contributed by atoms with van der Waals surface area (Å²) in [5, 5.41) is 0. The van der Waals surface area contributed by atoms with Crippen LogP contribution in [0.5, 0.6) is 0 Å². The molecule has 5 rings (SSSR count). The quantitative estimate of drug-likeness (QED) is 0.540. The fourth-order valence-electron chi connectivity index (χ4n) is 6.76. The van der Waals surface area contributed by atoms with Crippen LogP contribution in [0.15, 0.2) is 12.3 Å². The van der Waals surface area contributed by atoms with Crippen LogP contribution in [0.25, 0.3) is 0 Å². The van der Waals surface area contributed by atoms with Crippen molar-refractivity contribution in [2.24, 2.45) is 5.41 Å². The smallest absolute Gasteiger partial charge is 0.383 e. The van der Waals surface area contributed by atoms with Gasteiger partial charge in [-0.3, -0.25) is 14.7 Å². The van der Waals surface area contributed by atoms with E-state index < -0.39 is 17.2 Å². The highest BCUT2D eigenvalue weighted by Crippen LogP contribution is 2.51. The predicted molar refractivity (Wildman–Crippen MR) is 127 cm³/mol. The molecule has 37 heavy (non-hydrogen) atoms. The minimum absolute atomic E-state index is 0.0116. The molecular formula is C26H36F3N3O5. The molecule has 0 bridgehead atoms. The van der Waals surface area contributed by atoms with Gasteiger partial charge in [0, 0.05) is 77.5 Å². The van der Waals surface area contributed by atoms with Crippen molar-refractivity contribution in [3.8, 4) is 0 Å². The van der Waals surface area contributed by atoms with Crippen LogP contribution in [0.1, 0.15) is 42.5 Å². The predicted octanol–water partition coefficient (Wildman–Crippen LogP) is 2.68. The van der Waals surface area contributed by atoms with Crippen LogP contribution in [-0.2, 0) is 42.9 Å². The van der Waals surface area contributed by atoms with E-state index in [9.17, 15) is 18.0 Å². The molecule has 3 aliphatic heterocycles. The number of carbonyl (C=O) groups is 1. The maximum atomic E-state index is 14.1. The molecule has 1 aromatic rings. The number of rotatable bonds is 7. The number of fused-ring (bicyclic) bond motifs is 2. The second-order valence-corrected chi connectivity index (χ2v) is 10.6. The molecule has 8 nitrogen and oxygen atoms in total. The van der Waals surface area contributed by atoms with Crippen molar-refractivity contribution in [3.63, 3.8) is 0 Å². The standard InChI is InChI=1S/C26H36F3N3O5/c1-34-10-7-32(21-4-8-36-16-22(21)35-2)19-12-23-25(13-19,5-9-37-23)24(33)31-6-3-20-17(15-31)11-18(14-30-20)26(27,28)29/h11,14,19,21-23H,3-10,12-13,15-16H2,1-2H3/t19-,21+,22-,23-,25-/m1/s1. The highest BCUT2D eigenvalue weighted by atomic mass is 19.4. The number of nitrogens with zero attached hydrogens (tertiary/aromatic N) is 3. The Morgan fingerprint density at radius 1 is 1.32 bits per heavy atom. The summed E-state index contributed by atoms with van der Waals surface area (Å²) in [6.07, 6.45) is -0.571. The van der Waals surface area contributed by atoms with E-state index in [-0.39, 0.29) is 36.7 Å². The summed E-state index contributed by atoms with van der Waals surface area (Å²) < 4.78 is 62.8. The van der Waals surface area contributed by atoms with Gasteiger partial charge in [-0.2, -0.15) is 13.2 Å². The van der Waals surface area contributed by atoms with Crippen LogP contribution in [0.4, 0.5) is 13.2 Å². The molecule has 0 N–H and O–H groups in total. The number of aromatic nitrogens is 1. The zero-order chi connectivity index (χ0) is 26.2. The molecule has 3 fully saturated rings. The molecule has 1 saturated carbocycles. The summed E-state index contributed by atoms with van der Waals surface area (Å²) in [5.74, 6) is -0.0116. The van der Waals surface area contributed by atoms with Gasteiger partial charge in [0.25, 0.3) is 0 Å². The maximum absolute atomic E-state index is 14.1. The molecule has 4 heterocycles. The molecular weight excluding hydrogens is 491 g/mol. The van der Waals surface area contributed by atoms with E-state index in [2.05, 4.69) is 9.88 Å². The van der Waals surface area contributed by atoms with Crippen molar-refractivity contribution in [2.75, 3.05) is 53.7 Å². The normalized spacial score (nSPS) is 32.0. The van der Waals surface area contributed by atoms with Gasteiger partial charge in [0.15, 0.2) is 0 Å². The lowest BCUT2D eigenvalue weighted by Crippen LogP contribution is -2.54. The number of pyridine rings is 1. The first-order valence-corrected chi connectivity index (χ1v) is 13.1. The molecule has 1 aliphatic carbocycles. The number of hydrogen-bond acceptors (Lipinski definition) is 7. The van der Waals surface area contributed by atoms with E-state index in [4.69, 9.17) is 18.9 Å². The van der Waals surface area contributed by atoms with Crippen LogP contribution >= 0.6 is 0 Å². The fourth-order valence-corrected chi connectivity index (χ4v) is 6.76. The average Bonchev–Trinajstić information content (AvgIpc) is 3.46. The Hall–Kier alpha value is -1.79. The van der Waals surface area contributed by atoms with Gasteiger partial charge < -0.3 is 23.8 Å². The first kappa shape index (κ1) is 26.8. The van der Waals surface area contributed by atoms with Crippen LogP contribution in [0.3, 0.4) is 0 Å². The second-order valence-electron chi connectivity index (χ2n) is 10.6. The Morgan fingerprint density at radius 2 is 2.16 bits per heavy atom. The fraction of sp³-hybridized carbons (Fsp3) is 0.769. The van der Waals surface area contributed by atoms with Crippen LogP contribution in [0.2, 0.25) is 0 Å². The van der Waals surface area contributed by atoms with Gasteiger partial charge >= 0.3 is 6.18 Å². The number of amides is 1. The third kappa shape index (κ3) is 5.13. The Balaban J connectivity index is 1.36. The Bertz CT molecular complexity index is 979. The van der Waals surface area contributed by atoms with Gasteiger partial charge in [-0.05, 0) is 37.3 Å². The molecule has 5 atom stereocenters. The van der Waals surface area contributed by atoms with Crippen molar-refractivity contribution < 1.29 is 36.9 Å². The second kappa shape index (κ2) is 10.8. The lowest BCUT2D eigenvalue weighted by atomic mass is 9.80. The van der Waals surface area contributed by atoms with Crippen molar-refractivity contribution in [1.82, 2.24) is 14.8 Å². The van der Waals surface area contributed by atoms with E-state index in [1.807, 2.05) is 0 Å². The highest BCUT2D eigenvalue weighted by Gasteiger charge is 2.59. The number of methoxy groups -OCH3 is 2. The molecule has 4 aliphatic rings. The van der Waals surface area contributed by atoms with Gasteiger partial charge in [0.05, 0.1) is 36.4 Å². The number of ether oxygens (including phenoxy) is 4. The summed E-state index contributed by atoms with van der Waals surface area (Å²) in [7, 11) is 3.38. The average molecular weight is 528 g/mol. The maximum Gasteiger partial charge on any atom is 0.417 e. The van der Waals surface area contributed by atoms with Crippen molar-refractivity contribution in [3.05, 3.63) is 29.1 Å². The first-order chi connectivity index (χ1) is 17.8. The van der Waals surface area contributed by atoms with Crippen molar-refractivity contribution in [2.45, 2.75) is 69.1 Å². The molecule has 0 spiro atoms. The molecule has 0 radical (unpaired) electrons. The molecule has 0 unspecified atom stereocenters. The van der Waals surface area contributed by atoms with Crippen LogP contribution in [-0.4, -0.2) is 98.7 Å². The van der Waals surface area contributed by atoms with Gasteiger partial charge in [-0.25, -0.2) is 0 Å². The highest BCUT2D eigenvalue weighted by molar-refractivity contribution is 5.84. The zero-order valence-electron chi connectivity index (χ0n) is 21.5. The monoisotopic (exact) mass is 527 g/mol. The minimum atomic E-state index is -4.47. The molecule has 0 aromatic carbocycles. The van der Waals surface area contributed by atoms with Crippen LogP contribution < -0.4 is 0 Å². The summed E-state index contributed by atoms with van der Waals surface area (Å²) in [6.45, 7) is 3.57. The number of halogens is 3. The lowest BCUT2D eigenvalue weighted by Gasteiger charge is -2.43. The van der Waals surface area contributed by atoms with Crippen LogP contribution in [0, 0.1) is 5.41 Å². The van der Waals surface area contributed by atoms with Gasteiger partial charge in [-0.1, -0.05) is 0 Å². The topological polar surface area (TPSA) is 73.4 Å². The Labute approximate surface area is 215 Å². The third-order valence-corrected chi connectivity index (χ3v) is 8.67. The minimum Gasteiger partial charge on any atom is -0.383 e. The molecule has 11 heteroatoms. The number of hydrogen-bond donors (Lipinski definition) is 0. The SMILES string of the molecule is COCCN([C@@H]1C[C@H]2OCC[C@@]2(C(=O)N2CCc3ncc(C(F)(F)F)cc3C2)C1)[C@H]1CCOC[C@H]1OC. The van der Waals surface area contributed by atoms with Crippen molar-refractivity contribution >= 4 is 5.91 Å². The first-order valence-electron chi connectivity index (χ1n) is 13.1. The van der Waals surface area contributed by atoms with Gasteiger partial charge in [-0.15, -0.1) is 0 Å². The number of carbonyl (C=O) groups excluding carboxylic acids is 1. The van der Waals surface area contributed by atoms with E-state index >= 15 is 0 Å². The van der Waals surface area contributed by atoms with E-state index in [1.54, 1.807) is 19.1 Å². The lowest BCUT2D eigenvalue weighted by molar-refractivity contribution is -0.145. The molecule has 1 amide bonds. The van der Waals surface area contributed by atoms with Crippen molar-refractivity contribution in [1.29, 1.82) is 0 Å². The summed E-state index contributed by atoms with van der Waals surface area (Å²) in [4.78, 5) is 22.3. The van der Waals surface area contributed by atoms with E-state index in [1.165, 1.54) is 0 Å². The van der Waals surface area contributed by atoms with E-state index in [0.29, 0.717) is 70.0 Å². The molecule has 2 saturated heterocycles. The van der Waals surface area contributed by atoms with E-state index in [0.717, 1.165) is 25.1 Å². The Morgan fingerprint density at radius 3 is 2.92 bits per heavy atom. The third-order valence-electron chi connectivity index (χ3n) is 8.67. The molecule has 206 valence electrons. The molecule has 1 aromatic heterocycles.